The molecule has 1 aromatic heterocycles. The predicted molar refractivity (Wildman–Crippen MR) is 175 cm³/mol. The van der Waals surface area contributed by atoms with Crippen molar-refractivity contribution in [3.8, 4) is 0 Å². The number of imide groups is 1. The Balaban J connectivity index is 1.34. The van der Waals surface area contributed by atoms with Gasteiger partial charge in [0.2, 0.25) is 11.8 Å². The monoisotopic (exact) mass is 632 g/mol. The Morgan fingerprint density at radius 3 is 2.48 bits per heavy atom. The summed E-state index contributed by atoms with van der Waals surface area (Å²) in [5.41, 5.74) is 0.311. The first kappa shape index (κ1) is 29.6. The van der Waals surface area contributed by atoms with Gasteiger partial charge in [0.05, 0.1) is 35.1 Å². The molecule has 3 heterocycles. The van der Waals surface area contributed by atoms with Crippen molar-refractivity contribution < 1.29 is 23.9 Å². The molecular weight excluding hydrogens is 604 g/mol. The van der Waals surface area contributed by atoms with Gasteiger partial charge in [0.25, 0.3) is 0 Å². The van der Waals surface area contributed by atoms with Crippen LogP contribution in [0.25, 0.3) is 27.8 Å². The van der Waals surface area contributed by atoms with Crippen LogP contribution in [0, 0.1) is 18.8 Å². The molecule has 2 amide bonds. The maximum absolute atomic E-state index is 14.2. The third-order valence-electron chi connectivity index (χ3n) is 9.24. The van der Waals surface area contributed by atoms with E-state index in [4.69, 9.17) is 16.0 Å². The van der Waals surface area contributed by atoms with Crippen LogP contribution in [0.2, 0.25) is 5.02 Å². The highest BCUT2D eigenvalue weighted by Crippen LogP contribution is 2.50. The SMILES string of the molecule is Cc1cc2occ(C3NC(Cc4ccc5ccccc5c4)(C(=O)O)C4C(=O)N(CC=Cc5ccccc5)C(=O)C34)c(=O)c2cc1Cl. The summed E-state index contributed by atoms with van der Waals surface area (Å²) in [5, 5.41) is 16.5. The Bertz CT molecular complexity index is 2140. The van der Waals surface area contributed by atoms with Crippen molar-refractivity contribution >= 4 is 57.2 Å². The van der Waals surface area contributed by atoms with Gasteiger partial charge in [-0.1, -0.05) is 96.5 Å². The molecule has 2 N–H and O–H groups in total. The number of carbonyl (C=O) groups is 3. The van der Waals surface area contributed by atoms with Crippen LogP contribution >= 0.6 is 11.6 Å². The number of nitrogens with one attached hydrogen (secondary N) is 1. The number of halogens is 1. The Labute approximate surface area is 268 Å². The van der Waals surface area contributed by atoms with E-state index in [1.165, 1.54) is 12.3 Å². The van der Waals surface area contributed by atoms with Gasteiger partial charge in [-0.15, -0.1) is 0 Å². The number of carboxylic acids is 1. The number of amides is 2. The zero-order chi connectivity index (χ0) is 32.2. The zero-order valence-electron chi connectivity index (χ0n) is 24.8. The lowest BCUT2D eigenvalue weighted by Gasteiger charge is -2.31. The summed E-state index contributed by atoms with van der Waals surface area (Å²) >= 11 is 6.35. The van der Waals surface area contributed by atoms with Crippen LogP contribution in [0.4, 0.5) is 0 Å². The van der Waals surface area contributed by atoms with E-state index in [9.17, 15) is 24.3 Å². The number of aliphatic carboxylic acids is 1. The lowest BCUT2D eigenvalue weighted by Crippen LogP contribution is -2.57. The number of aryl methyl sites for hydroxylation is 1. The molecule has 4 aromatic carbocycles. The van der Waals surface area contributed by atoms with E-state index in [0.29, 0.717) is 16.2 Å². The molecular formula is C37H29ClN2O6. The first-order valence-electron chi connectivity index (χ1n) is 14.9. The Morgan fingerprint density at radius 2 is 1.72 bits per heavy atom. The van der Waals surface area contributed by atoms with Gasteiger partial charge in [-0.05, 0) is 46.5 Å². The molecule has 8 nitrogen and oxygen atoms in total. The van der Waals surface area contributed by atoms with Crippen molar-refractivity contribution in [2.24, 2.45) is 11.8 Å². The minimum absolute atomic E-state index is 0.0425. The number of fused-ring (bicyclic) bond motifs is 3. The van der Waals surface area contributed by atoms with Crippen LogP contribution in [-0.2, 0) is 20.8 Å². The fourth-order valence-corrected chi connectivity index (χ4v) is 7.12. The second kappa shape index (κ2) is 11.4. The number of carbonyl (C=O) groups excluding carboxylic acids is 2. The number of benzene rings is 4. The van der Waals surface area contributed by atoms with Crippen LogP contribution < -0.4 is 10.7 Å². The number of carboxylic acid groups (broad SMARTS) is 1. The average molecular weight is 633 g/mol. The molecule has 0 radical (unpaired) electrons. The molecule has 9 heteroatoms. The van der Waals surface area contributed by atoms with Crippen LogP contribution in [0.1, 0.15) is 28.3 Å². The van der Waals surface area contributed by atoms with Crippen molar-refractivity contribution in [2.75, 3.05) is 6.54 Å². The van der Waals surface area contributed by atoms with Crippen LogP contribution in [-0.4, -0.2) is 39.9 Å². The van der Waals surface area contributed by atoms with Crippen molar-refractivity contribution in [1.82, 2.24) is 10.2 Å². The van der Waals surface area contributed by atoms with Crippen LogP contribution in [0.3, 0.4) is 0 Å². The zero-order valence-corrected chi connectivity index (χ0v) is 25.5. The summed E-state index contributed by atoms with van der Waals surface area (Å²) in [4.78, 5) is 56.7. The molecule has 46 heavy (non-hydrogen) atoms. The Hall–Kier alpha value is -5.05. The maximum Gasteiger partial charge on any atom is 0.325 e. The molecule has 0 saturated carbocycles. The Kier molecular flexibility index (Phi) is 7.34. The van der Waals surface area contributed by atoms with Gasteiger partial charge in [-0.2, -0.15) is 0 Å². The van der Waals surface area contributed by atoms with Gasteiger partial charge < -0.3 is 9.52 Å². The second-order valence-corrected chi connectivity index (χ2v) is 12.4. The molecule has 2 aliphatic heterocycles. The minimum atomic E-state index is -1.89. The lowest BCUT2D eigenvalue weighted by molar-refractivity contribution is -0.151. The standard InChI is InChI=1S/C37H29ClN2O6/c1-21-16-29-26(18-28(21)38)33(41)27(20-46-29)32-30-31(35(43)40(34(30)42)15-7-10-22-8-3-2-4-9-22)37(39-32,36(44)45)19-23-13-14-24-11-5-6-12-25(24)17-23/h2-14,16-18,20,30-32,39H,15,19H2,1H3,(H,44,45). The first-order valence-corrected chi connectivity index (χ1v) is 15.3. The summed E-state index contributed by atoms with van der Waals surface area (Å²) < 4.78 is 5.85. The molecule has 0 spiro atoms. The van der Waals surface area contributed by atoms with Gasteiger partial charge in [-0.3, -0.25) is 29.4 Å². The highest BCUT2D eigenvalue weighted by Gasteiger charge is 2.68. The molecule has 7 rings (SSSR count). The molecule has 0 aliphatic carbocycles. The van der Waals surface area contributed by atoms with E-state index < -0.39 is 46.6 Å². The summed E-state index contributed by atoms with van der Waals surface area (Å²) in [5.74, 6) is -4.88. The molecule has 2 aliphatic rings. The number of hydrogen-bond donors (Lipinski definition) is 2. The van der Waals surface area contributed by atoms with E-state index in [2.05, 4.69) is 5.32 Å². The number of hydrogen-bond acceptors (Lipinski definition) is 6. The molecule has 4 unspecified atom stereocenters. The molecule has 4 atom stereocenters. The van der Waals surface area contributed by atoms with Crippen molar-refractivity contribution in [3.05, 3.63) is 135 Å². The fraction of sp³-hybridized carbons (Fsp3) is 0.189. The normalized spacial score (nSPS) is 22.7. The van der Waals surface area contributed by atoms with Gasteiger partial charge in [0, 0.05) is 18.0 Å². The highest BCUT2D eigenvalue weighted by molar-refractivity contribution is 6.32. The van der Waals surface area contributed by atoms with Crippen molar-refractivity contribution in [2.45, 2.75) is 24.9 Å². The van der Waals surface area contributed by atoms with E-state index in [1.54, 1.807) is 25.1 Å². The van der Waals surface area contributed by atoms with Crippen LogP contribution in [0.5, 0.6) is 0 Å². The average Bonchev–Trinajstić information content (AvgIpc) is 3.52. The summed E-state index contributed by atoms with van der Waals surface area (Å²) in [6.45, 7) is 1.75. The minimum Gasteiger partial charge on any atom is -0.480 e. The van der Waals surface area contributed by atoms with Crippen LogP contribution in [0.15, 0.2) is 106 Å². The summed E-state index contributed by atoms with van der Waals surface area (Å²) in [6.07, 6.45) is 4.67. The number of nitrogens with zero attached hydrogens (tertiary/aromatic N) is 1. The van der Waals surface area contributed by atoms with E-state index >= 15 is 0 Å². The largest absolute Gasteiger partial charge is 0.480 e. The van der Waals surface area contributed by atoms with Gasteiger partial charge in [0.1, 0.15) is 11.1 Å². The van der Waals surface area contributed by atoms with E-state index in [-0.39, 0.29) is 23.9 Å². The van der Waals surface area contributed by atoms with Crippen molar-refractivity contribution in [3.63, 3.8) is 0 Å². The number of rotatable bonds is 7. The summed E-state index contributed by atoms with van der Waals surface area (Å²) in [6, 6.07) is 24.8. The second-order valence-electron chi connectivity index (χ2n) is 12.0. The fourth-order valence-electron chi connectivity index (χ4n) is 6.95. The van der Waals surface area contributed by atoms with Gasteiger partial charge in [0.15, 0.2) is 5.43 Å². The third kappa shape index (κ3) is 4.81. The molecule has 2 saturated heterocycles. The topological polar surface area (TPSA) is 117 Å². The van der Waals surface area contributed by atoms with E-state index in [0.717, 1.165) is 26.8 Å². The molecule has 5 aromatic rings. The highest BCUT2D eigenvalue weighted by atomic mass is 35.5. The lowest BCUT2D eigenvalue weighted by atomic mass is 9.76. The van der Waals surface area contributed by atoms with E-state index in [1.807, 2.05) is 72.8 Å². The third-order valence-corrected chi connectivity index (χ3v) is 9.64. The first-order chi connectivity index (χ1) is 22.2. The Morgan fingerprint density at radius 1 is 0.978 bits per heavy atom. The quantitative estimate of drug-likeness (QED) is 0.214. The predicted octanol–water partition coefficient (Wildman–Crippen LogP) is 5.93. The molecule has 230 valence electrons. The smallest absolute Gasteiger partial charge is 0.325 e. The number of likely N-dealkylation sites (tertiary alicyclic amines) is 1. The van der Waals surface area contributed by atoms with Gasteiger partial charge in [-0.25, -0.2) is 0 Å². The van der Waals surface area contributed by atoms with Gasteiger partial charge >= 0.3 is 5.97 Å². The maximum atomic E-state index is 14.2. The summed E-state index contributed by atoms with van der Waals surface area (Å²) in [7, 11) is 0. The molecule has 2 fully saturated rings. The molecule has 0 bridgehead atoms. The van der Waals surface area contributed by atoms with Crippen molar-refractivity contribution in [1.29, 1.82) is 0 Å².